The number of aliphatic hydroxyl groups excluding tert-OH is 1. The van der Waals surface area contributed by atoms with Crippen LogP contribution in [0, 0.1) is 11.2 Å². The second-order valence-corrected chi connectivity index (χ2v) is 5.12. The Bertz CT molecular complexity index is 354. The van der Waals surface area contributed by atoms with Crippen molar-refractivity contribution in [3.05, 3.63) is 34.1 Å². The summed E-state index contributed by atoms with van der Waals surface area (Å²) >= 11 is 3.23. The maximum atomic E-state index is 12.9. The minimum Gasteiger partial charge on any atom is -0.388 e. The number of rotatable bonds is 3. The van der Waals surface area contributed by atoms with Crippen molar-refractivity contribution in [2.24, 2.45) is 11.1 Å². The Morgan fingerprint density at radius 1 is 1.53 bits per heavy atom. The van der Waals surface area contributed by atoms with Crippen molar-refractivity contribution < 1.29 is 9.50 Å². The molecular formula is C11H15BrFNO. The average molecular weight is 276 g/mol. The van der Waals surface area contributed by atoms with E-state index in [0.717, 1.165) is 0 Å². The summed E-state index contributed by atoms with van der Waals surface area (Å²) in [5.74, 6) is -0.330. The lowest BCUT2D eigenvalue weighted by atomic mass is 9.83. The third kappa shape index (κ3) is 2.77. The predicted molar refractivity (Wildman–Crippen MR) is 61.9 cm³/mol. The summed E-state index contributed by atoms with van der Waals surface area (Å²) in [6.45, 7) is 4.10. The Morgan fingerprint density at radius 3 is 2.60 bits per heavy atom. The number of hydrogen-bond acceptors (Lipinski definition) is 2. The van der Waals surface area contributed by atoms with Crippen LogP contribution in [-0.2, 0) is 0 Å². The van der Waals surface area contributed by atoms with Crippen LogP contribution in [-0.4, -0.2) is 11.7 Å². The van der Waals surface area contributed by atoms with E-state index in [0.29, 0.717) is 16.6 Å². The molecule has 0 bridgehead atoms. The van der Waals surface area contributed by atoms with Gasteiger partial charge >= 0.3 is 0 Å². The van der Waals surface area contributed by atoms with Gasteiger partial charge in [0.1, 0.15) is 5.82 Å². The summed E-state index contributed by atoms with van der Waals surface area (Å²) in [5.41, 5.74) is 5.80. The first kappa shape index (κ1) is 12.6. The fourth-order valence-electron chi connectivity index (χ4n) is 1.26. The van der Waals surface area contributed by atoms with Gasteiger partial charge in [-0.05, 0) is 17.7 Å². The molecule has 1 unspecified atom stereocenters. The van der Waals surface area contributed by atoms with Crippen molar-refractivity contribution in [2.75, 3.05) is 6.54 Å². The van der Waals surface area contributed by atoms with Crippen LogP contribution in [0.15, 0.2) is 22.7 Å². The van der Waals surface area contributed by atoms with Crippen molar-refractivity contribution in [3.63, 3.8) is 0 Å². The Kier molecular flexibility index (Phi) is 3.87. The zero-order chi connectivity index (χ0) is 11.6. The molecule has 15 heavy (non-hydrogen) atoms. The Labute approximate surface area is 97.4 Å². The highest BCUT2D eigenvalue weighted by Crippen LogP contribution is 2.36. The van der Waals surface area contributed by atoms with Gasteiger partial charge in [0.15, 0.2) is 0 Å². The van der Waals surface area contributed by atoms with Crippen LogP contribution in [0.4, 0.5) is 4.39 Å². The second kappa shape index (κ2) is 4.60. The molecular weight excluding hydrogens is 261 g/mol. The monoisotopic (exact) mass is 275 g/mol. The molecule has 0 aliphatic carbocycles. The molecule has 0 aromatic heterocycles. The Balaban J connectivity index is 3.06. The number of benzene rings is 1. The van der Waals surface area contributed by atoms with Crippen LogP contribution >= 0.6 is 15.9 Å². The highest BCUT2D eigenvalue weighted by atomic mass is 79.9. The van der Waals surface area contributed by atoms with Gasteiger partial charge in [-0.3, -0.25) is 0 Å². The molecule has 84 valence electrons. The van der Waals surface area contributed by atoms with Gasteiger partial charge in [-0.25, -0.2) is 4.39 Å². The number of aliphatic hydroxyl groups is 1. The standard InChI is InChI=1S/C11H15BrFNO/c1-11(2,6-14)10(15)8-4-3-7(13)5-9(8)12/h3-5,10,15H,6,14H2,1-2H3. The molecule has 0 spiro atoms. The summed E-state index contributed by atoms with van der Waals surface area (Å²) in [4.78, 5) is 0. The number of hydrogen-bond donors (Lipinski definition) is 2. The molecule has 0 saturated heterocycles. The van der Waals surface area contributed by atoms with Gasteiger partial charge in [0.2, 0.25) is 0 Å². The van der Waals surface area contributed by atoms with Gasteiger partial charge in [-0.15, -0.1) is 0 Å². The van der Waals surface area contributed by atoms with Gasteiger partial charge in [0.25, 0.3) is 0 Å². The van der Waals surface area contributed by atoms with Crippen molar-refractivity contribution in [1.29, 1.82) is 0 Å². The van der Waals surface area contributed by atoms with Gasteiger partial charge in [0.05, 0.1) is 6.10 Å². The molecule has 1 aromatic carbocycles. The van der Waals surface area contributed by atoms with E-state index in [4.69, 9.17) is 5.73 Å². The Morgan fingerprint density at radius 2 is 2.13 bits per heavy atom. The minimum atomic E-state index is -0.711. The fraction of sp³-hybridized carbons (Fsp3) is 0.455. The average Bonchev–Trinajstić information content (AvgIpc) is 2.17. The summed E-state index contributed by atoms with van der Waals surface area (Å²) in [7, 11) is 0. The van der Waals surface area contributed by atoms with Crippen LogP contribution in [0.1, 0.15) is 25.5 Å². The fourth-order valence-corrected chi connectivity index (χ4v) is 1.82. The van der Waals surface area contributed by atoms with Crippen LogP contribution < -0.4 is 5.73 Å². The molecule has 0 aliphatic heterocycles. The van der Waals surface area contributed by atoms with Crippen LogP contribution in [0.3, 0.4) is 0 Å². The Hall–Kier alpha value is -0.450. The first-order valence-electron chi connectivity index (χ1n) is 4.71. The number of halogens is 2. The minimum absolute atomic E-state index is 0.330. The summed E-state index contributed by atoms with van der Waals surface area (Å²) in [5, 5.41) is 10.1. The van der Waals surface area contributed by atoms with Crippen LogP contribution in [0.2, 0.25) is 0 Å². The maximum Gasteiger partial charge on any atom is 0.124 e. The number of nitrogens with two attached hydrogens (primary N) is 1. The largest absolute Gasteiger partial charge is 0.388 e. The second-order valence-electron chi connectivity index (χ2n) is 4.26. The summed E-state index contributed by atoms with van der Waals surface area (Å²) < 4.78 is 13.4. The molecule has 1 aromatic rings. The van der Waals surface area contributed by atoms with E-state index in [9.17, 15) is 9.50 Å². The molecule has 0 saturated carbocycles. The SMILES string of the molecule is CC(C)(CN)C(O)c1ccc(F)cc1Br. The lowest BCUT2D eigenvalue weighted by Gasteiger charge is -2.29. The summed E-state index contributed by atoms with van der Waals surface area (Å²) in [6.07, 6.45) is -0.711. The highest BCUT2D eigenvalue weighted by Gasteiger charge is 2.28. The van der Waals surface area contributed by atoms with E-state index in [1.165, 1.54) is 12.1 Å². The van der Waals surface area contributed by atoms with E-state index in [1.807, 2.05) is 13.8 Å². The van der Waals surface area contributed by atoms with Crippen molar-refractivity contribution in [3.8, 4) is 0 Å². The van der Waals surface area contributed by atoms with E-state index in [-0.39, 0.29) is 5.82 Å². The molecule has 0 heterocycles. The van der Waals surface area contributed by atoms with Gasteiger partial charge < -0.3 is 10.8 Å². The molecule has 2 nitrogen and oxygen atoms in total. The molecule has 0 fully saturated rings. The van der Waals surface area contributed by atoms with Crippen LogP contribution in [0.5, 0.6) is 0 Å². The third-order valence-electron chi connectivity index (χ3n) is 2.52. The summed E-state index contributed by atoms with van der Waals surface area (Å²) in [6, 6.07) is 4.24. The van der Waals surface area contributed by atoms with Gasteiger partial charge in [0, 0.05) is 16.4 Å². The van der Waals surface area contributed by atoms with E-state index in [1.54, 1.807) is 6.07 Å². The zero-order valence-corrected chi connectivity index (χ0v) is 10.4. The maximum absolute atomic E-state index is 12.9. The molecule has 0 aliphatic rings. The molecule has 1 rings (SSSR count). The van der Waals surface area contributed by atoms with Crippen LogP contribution in [0.25, 0.3) is 0 Å². The van der Waals surface area contributed by atoms with Crippen molar-refractivity contribution >= 4 is 15.9 Å². The molecule has 4 heteroatoms. The molecule has 1 atom stereocenters. The normalized spacial score (nSPS) is 14.0. The third-order valence-corrected chi connectivity index (χ3v) is 3.21. The zero-order valence-electron chi connectivity index (χ0n) is 8.80. The first-order chi connectivity index (χ1) is 6.88. The van der Waals surface area contributed by atoms with Crippen molar-refractivity contribution in [2.45, 2.75) is 20.0 Å². The molecule has 0 radical (unpaired) electrons. The molecule has 0 amide bonds. The van der Waals surface area contributed by atoms with Gasteiger partial charge in [-0.2, -0.15) is 0 Å². The quantitative estimate of drug-likeness (QED) is 0.891. The van der Waals surface area contributed by atoms with E-state index >= 15 is 0 Å². The van der Waals surface area contributed by atoms with Gasteiger partial charge in [-0.1, -0.05) is 35.8 Å². The topological polar surface area (TPSA) is 46.2 Å². The smallest absolute Gasteiger partial charge is 0.124 e. The van der Waals surface area contributed by atoms with E-state index < -0.39 is 11.5 Å². The first-order valence-corrected chi connectivity index (χ1v) is 5.51. The predicted octanol–water partition coefficient (Wildman–Crippen LogP) is 2.61. The van der Waals surface area contributed by atoms with Crippen molar-refractivity contribution in [1.82, 2.24) is 0 Å². The lowest BCUT2D eigenvalue weighted by molar-refractivity contribution is 0.0548. The lowest BCUT2D eigenvalue weighted by Crippen LogP contribution is -2.30. The molecule has 3 N–H and O–H groups in total. The van der Waals surface area contributed by atoms with E-state index in [2.05, 4.69) is 15.9 Å². The highest BCUT2D eigenvalue weighted by molar-refractivity contribution is 9.10.